The van der Waals surface area contributed by atoms with Crippen molar-refractivity contribution >= 4 is 28.9 Å². The van der Waals surface area contributed by atoms with Crippen molar-refractivity contribution in [3.63, 3.8) is 0 Å². The maximum Gasteiger partial charge on any atom is 0.278 e. The van der Waals surface area contributed by atoms with Crippen LogP contribution >= 0.6 is 11.6 Å². The zero-order valence-electron chi connectivity index (χ0n) is 13.5. The van der Waals surface area contributed by atoms with Gasteiger partial charge >= 0.3 is 0 Å². The van der Waals surface area contributed by atoms with Crippen LogP contribution in [0.1, 0.15) is 10.4 Å². The van der Waals surface area contributed by atoms with Gasteiger partial charge in [0.25, 0.3) is 5.69 Å². The molecule has 6 nitrogen and oxygen atoms in total. The summed E-state index contributed by atoms with van der Waals surface area (Å²) in [4.78, 5) is 22.2. The van der Waals surface area contributed by atoms with Crippen LogP contribution in [0.25, 0.3) is 22.3 Å². The number of nitrogen functional groups attached to an aromatic ring is 1. The lowest BCUT2D eigenvalue weighted by Crippen LogP contribution is -2.12. The first kappa shape index (κ1) is 17.4. The van der Waals surface area contributed by atoms with Crippen molar-refractivity contribution in [3.05, 3.63) is 81.4 Å². The summed E-state index contributed by atoms with van der Waals surface area (Å²) in [6, 6.07) is 17.1. The lowest BCUT2D eigenvalue weighted by molar-refractivity contribution is -0.384. The van der Waals surface area contributed by atoms with Gasteiger partial charge < -0.3 is 11.5 Å². The molecule has 1 amide bonds. The number of carbonyl (C=O) groups excluding carboxylic acids is 1. The van der Waals surface area contributed by atoms with Gasteiger partial charge in [-0.2, -0.15) is 0 Å². The molecular weight excluding hydrogens is 354 g/mol. The van der Waals surface area contributed by atoms with E-state index in [4.69, 9.17) is 23.1 Å². The maximum absolute atomic E-state index is 11.4. The van der Waals surface area contributed by atoms with Crippen molar-refractivity contribution in [3.8, 4) is 22.3 Å². The summed E-state index contributed by atoms with van der Waals surface area (Å²) < 4.78 is 0. The number of hydrogen-bond donors (Lipinski definition) is 2. The van der Waals surface area contributed by atoms with Gasteiger partial charge in [0.15, 0.2) is 0 Å². The van der Waals surface area contributed by atoms with Crippen LogP contribution in [-0.2, 0) is 0 Å². The maximum atomic E-state index is 11.4. The molecular formula is C19H14ClN3O3. The average Bonchev–Trinajstić information content (AvgIpc) is 2.61. The SMILES string of the molecule is NC(=O)c1cc([N+](=O)[O-])c(-c2ccc(-c3ccc(N)cc3)cc2)cc1Cl. The average molecular weight is 368 g/mol. The summed E-state index contributed by atoms with van der Waals surface area (Å²) >= 11 is 6.06. The monoisotopic (exact) mass is 367 g/mol. The summed E-state index contributed by atoms with van der Waals surface area (Å²) in [7, 11) is 0. The van der Waals surface area contributed by atoms with Crippen LogP contribution in [0, 0.1) is 10.1 Å². The van der Waals surface area contributed by atoms with Crippen molar-refractivity contribution in [2.45, 2.75) is 0 Å². The van der Waals surface area contributed by atoms with E-state index in [0.29, 0.717) is 16.8 Å². The van der Waals surface area contributed by atoms with Gasteiger partial charge in [0.2, 0.25) is 5.91 Å². The van der Waals surface area contributed by atoms with Gasteiger partial charge in [-0.15, -0.1) is 0 Å². The molecule has 0 radical (unpaired) electrons. The lowest BCUT2D eigenvalue weighted by Gasteiger charge is -2.08. The molecule has 3 aromatic carbocycles. The van der Waals surface area contributed by atoms with Crippen molar-refractivity contribution in [2.75, 3.05) is 5.73 Å². The van der Waals surface area contributed by atoms with E-state index in [1.54, 1.807) is 24.3 Å². The summed E-state index contributed by atoms with van der Waals surface area (Å²) in [5, 5.41) is 11.5. The normalized spacial score (nSPS) is 10.5. The molecule has 7 heteroatoms. The van der Waals surface area contributed by atoms with E-state index in [1.807, 2.05) is 24.3 Å². The molecule has 0 heterocycles. The number of nitro benzene ring substituents is 1. The van der Waals surface area contributed by atoms with Gasteiger partial charge in [-0.25, -0.2) is 0 Å². The van der Waals surface area contributed by atoms with Gasteiger partial charge in [0.05, 0.1) is 21.1 Å². The molecule has 0 aromatic heterocycles. The predicted molar refractivity (Wildman–Crippen MR) is 102 cm³/mol. The van der Waals surface area contributed by atoms with Crippen LogP contribution in [-0.4, -0.2) is 10.8 Å². The van der Waals surface area contributed by atoms with Crippen molar-refractivity contribution < 1.29 is 9.72 Å². The number of nitro groups is 1. The molecule has 0 bridgehead atoms. The van der Waals surface area contributed by atoms with Crippen LogP contribution in [0.3, 0.4) is 0 Å². The zero-order valence-corrected chi connectivity index (χ0v) is 14.2. The molecule has 0 saturated carbocycles. The number of nitrogens with two attached hydrogens (primary N) is 2. The molecule has 130 valence electrons. The summed E-state index contributed by atoms with van der Waals surface area (Å²) in [5.41, 5.74) is 14.1. The fourth-order valence-corrected chi connectivity index (χ4v) is 2.91. The van der Waals surface area contributed by atoms with E-state index in [2.05, 4.69) is 0 Å². The molecule has 0 aliphatic rings. The van der Waals surface area contributed by atoms with Gasteiger partial charge in [0, 0.05) is 11.8 Å². The van der Waals surface area contributed by atoms with Gasteiger partial charge in [0.1, 0.15) is 0 Å². The van der Waals surface area contributed by atoms with Gasteiger partial charge in [-0.1, -0.05) is 48.0 Å². The Labute approximate surface area is 154 Å². The van der Waals surface area contributed by atoms with Crippen LogP contribution in [0.5, 0.6) is 0 Å². The number of benzene rings is 3. The van der Waals surface area contributed by atoms with Crippen molar-refractivity contribution in [1.29, 1.82) is 0 Å². The highest BCUT2D eigenvalue weighted by Gasteiger charge is 2.21. The highest BCUT2D eigenvalue weighted by Crippen LogP contribution is 2.35. The number of primary amides is 1. The number of anilines is 1. The Hall–Kier alpha value is -3.38. The molecule has 0 unspecified atom stereocenters. The Balaban J connectivity index is 2.06. The zero-order chi connectivity index (χ0) is 18.8. The molecule has 3 rings (SSSR count). The molecule has 26 heavy (non-hydrogen) atoms. The van der Waals surface area contributed by atoms with E-state index >= 15 is 0 Å². The minimum absolute atomic E-state index is 0.0701. The van der Waals surface area contributed by atoms with Crippen LogP contribution in [0.15, 0.2) is 60.7 Å². The number of rotatable bonds is 4. The van der Waals surface area contributed by atoms with Gasteiger partial charge in [-0.05, 0) is 34.9 Å². The number of halogens is 1. The molecule has 0 fully saturated rings. The summed E-state index contributed by atoms with van der Waals surface area (Å²) in [5.74, 6) is -0.816. The third-order valence-corrected chi connectivity index (χ3v) is 4.30. The Morgan fingerprint density at radius 3 is 1.92 bits per heavy atom. The summed E-state index contributed by atoms with van der Waals surface area (Å²) in [6.45, 7) is 0. The largest absolute Gasteiger partial charge is 0.399 e. The molecule has 4 N–H and O–H groups in total. The molecule has 3 aromatic rings. The Morgan fingerprint density at radius 2 is 1.42 bits per heavy atom. The predicted octanol–water partition coefficient (Wildman–Crippen LogP) is 4.26. The first-order valence-electron chi connectivity index (χ1n) is 7.61. The van der Waals surface area contributed by atoms with Gasteiger partial charge in [-0.3, -0.25) is 14.9 Å². The fraction of sp³-hybridized carbons (Fsp3) is 0. The van der Waals surface area contributed by atoms with Crippen LogP contribution < -0.4 is 11.5 Å². The third kappa shape index (κ3) is 3.36. The lowest BCUT2D eigenvalue weighted by atomic mass is 9.98. The first-order chi connectivity index (χ1) is 12.4. The molecule has 0 spiro atoms. The first-order valence-corrected chi connectivity index (χ1v) is 7.98. The molecule has 0 atom stereocenters. The Bertz CT molecular complexity index is 1000. The standard InChI is InChI=1S/C19H14ClN3O3/c20-17-9-15(18(23(25)26)10-16(17)19(22)24)13-3-1-11(2-4-13)12-5-7-14(21)8-6-12/h1-10H,21H2,(H2,22,24). The smallest absolute Gasteiger partial charge is 0.278 e. The van der Waals surface area contributed by atoms with E-state index in [9.17, 15) is 14.9 Å². The second-order valence-corrected chi connectivity index (χ2v) is 6.08. The molecule has 0 aliphatic carbocycles. The summed E-state index contributed by atoms with van der Waals surface area (Å²) in [6.07, 6.45) is 0. The Morgan fingerprint density at radius 1 is 0.923 bits per heavy atom. The fourth-order valence-electron chi connectivity index (χ4n) is 2.65. The number of amides is 1. The number of carbonyl (C=O) groups is 1. The van der Waals surface area contributed by atoms with E-state index in [0.717, 1.165) is 17.2 Å². The number of hydrogen-bond acceptors (Lipinski definition) is 4. The van der Waals surface area contributed by atoms with Crippen LogP contribution in [0.2, 0.25) is 5.02 Å². The topological polar surface area (TPSA) is 112 Å². The highest BCUT2D eigenvalue weighted by molar-refractivity contribution is 6.34. The van der Waals surface area contributed by atoms with Crippen molar-refractivity contribution in [2.24, 2.45) is 5.73 Å². The number of nitrogens with zero attached hydrogens (tertiary/aromatic N) is 1. The third-order valence-electron chi connectivity index (χ3n) is 3.99. The highest BCUT2D eigenvalue weighted by atomic mass is 35.5. The van der Waals surface area contributed by atoms with E-state index in [-0.39, 0.29) is 16.3 Å². The second-order valence-electron chi connectivity index (χ2n) is 5.67. The minimum Gasteiger partial charge on any atom is -0.399 e. The quantitative estimate of drug-likeness (QED) is 0.407. The van der Waals surface area contributed by atoms with Crippen LogP contribution in [0.4, 0.5) is 11.4 Å². The van der Waals surface area contributed by atoms with E-state index < -0.39 is 10.8 Å². The molecule has 0 saturated heterocycles. The Kier molecular flexibility index (Phi) is 4.60. The molecule has 0 aliphatic heterocycles. The minimum atomic E-state index is -0.816. The van der Waals surface area contributed by atoms with Crippen molar-refractivity contribution in [1.82, 2.24) is 0 Å². The van der Waals surface area contributed by atoms with E-state index in [1.165, 1.54) is 6.07 Å². The second kappa shape index (κ2) is 6.85.